The molecule has 1 aromatic carbocycles. The topological polar surface area (TPSA) is 17.1 Å². The summed E-state index contributed by atoms with van der Waals surface area (Å²) < 4.78 is 0. The van der Waals surface area contributed by atoms with E-state index in [2.05, 4.69) is 23.7 Å². The third kappa shape index (κ3) is 5.03. The van der Waals surface area contributed by atoms with Crippen molar-refractivity contribution >= 4 is 5.78 Å². The molecule has 0 spiro atoms. The van der Waals surface area contributed by atoms with Gasteiger partial charge in [-0.25, -0.2) is 0 Å². The van der Waals surface area contributed by atoms with E-state index in [1.807, 2.05) is 51.1 Å². The molecule has 1 heteroatoms. The van der Waals surface area contributed by atoms with Gasteiger partial charge in [0.25, 0.3) is 5.78 Å². The number of ketones is 1. The second kappa shape index (κ2) is 5.19. The first kappa shape index (κ1) is 12.1. The molecule has 1 rings (SSSR count). The Labute approximate surface area is 96.9 Å². The minimum atomic E-state index is -0.334. The van der Waals surface area contributed by atoms with Gasteiger partial charge < -0.3 is 0 Å². The fourth-order valence-corrected chi connectivity index (χ4v) is 0.926. The molecule has 0 aliphatic heterocycles. The first-order valence-electron chi connectivity index (χ1n) is 5.11. The van der Waals surface area contributed by atoms with Gasteiger partial charge in [0, 0.05) is 11.0 Å². The van der Waals surface area contributed by atoms with Crippen molar-refractivity contribution in [1.82, 2.24) is 0 Å². The smallest absolute Gasteiger partial charge is 0.270 e. The molecule has 1 nitrogen and oxygen atoms in total. The molecule has 0 saturated carbocycles. The van der Waals surface area contributed by atoms with Crippen LogP contribution in [-0.2, 0) is 4.79 Å². The van der Waals surface area contributed by atoms with Crippen molar-refractivity contribution in [3.63, 3.8) is 0 Å². The summed E-state index contributed by atoms with van der Waals surface area (Å²) in [6, 6.07) is 9.39. The highest BCUT2D eigenvalue weighted by Crippen LogP contribution is 2.09. The van der Waals surface area contributed by atoms with Crippen molar-refractivity contribution in [3.05, 3.63) is 35.9 Å². The summed E-state index contributed by atoms with van der Waals surface area (Å²) in [5, 5.41) is 0. The van der Waals surface area contributed by atoms with Crippen molar-refractivity contribution in [1.29, 1.82) is 0 Å². The summed E-state index contributed by atoms with van der Waals surface area (Å²) in [7, 11) is 0. The number of carbonyl (C=O) groups is 1. The van der Waals surface area contributed by atoms with Gasteiger partial charge >= 0.3 is 0 Å². The number of hydrogen-bond donors (Lipinski definition) is 0. The summed E-state index contributed by atoms with van der Waals surface area (Å²) in [6.45, 7) is 5.87. The number of rotatable bonds is 0. The van der Waals surface area contributed by atoms with Gasteiger partial charge in [0.15, 0.2) is 0 Å². The largest absolute Gasteiger partial charge is 0.279 e. The highest BCUT2D eigenvalue weighted by molar-refractivity contribution is 6.09. The lowest BCUT2D eigenvalue weighted by molar-refractivity contribution is -0.108. The van der Waals surface area contributed by atoms with E-state index in [1.165, 1.54) is 0 Å². The van der Waals surface area contributed by atoms with Gasteiger partial charge in [-0.1, -0.05) is 30.0 Å². The molecule has 1 aromatic rings. The lowest BCUT2D eigenvalue weighted by Gasteiger charge is -2.05. The molecule has 0 saturated heterocycles. The highest BCUT2D eigenvalue weighted by atomic mass is 16.1. The first-order chi connectivity index (χ1) is 7.47. The molecule has 0 unspecified atom stereocenters. The summed E-state index contributed by atoms with van der Waals surface area (Å²) in [6.07, 6.45) is 0. The van der Waals surface area contributed by atoms with Gasteiger partial charge in [-0.15, -0.1) is 0 Å². The molecule has 0 radical (unpaired) electrons. The Hall–Kier alpha value is -1.99. The fraction of sp³-hybridized carbons (Fsp3) is 0.267. The van der Waals surface area contributed by atoms with Gasteiger partial charge in [0.05, 0.1) is 0 Å². The van der Waals surface area contributed by atoms with Crippen LogP contribution >= 0.6 is 0 Å². The Morgan fingerprint density at radius 2 is 1.69 bits per heavy atom. The van der Waals surface area contributed by atoms with Crippen molar-refractivity contribution in [2.24, 2.45) is 5.41 Å². The molecular weight excluding hydrogens is 196 g/mol. The first-order valence-corrected chi connectivity index (χ1v) is 5.11. The van der Waals surface area contributed by atoms with Crippen LogP contribution in [0.5, 0.6) is 0 Å². The normalized spacial score (nSPS) is 9.44. The standard InChI is InChI=1S/C15H14O/c1-15(2,3)12-11-14(16)10-9-13-7-5-4-6-8-13/h4-8H,1-3H3. The van der Waals surface area contributed by atoms with Crippen LogP contribution in [0, 0.1) is 29.1 Å². The maximum atomic E-state index is 11.3. The third-order valence-corrected chi connectivity index (χ3v) is 1.65. The van der Waals surface area contributed by atoms with Crippen LogP contribution in [0.4, 0.5) is 0 Å². The Kier molecular flexibility index (Phi) is 3.92. The predicted octanol–water partition coefficient (Wildman–Crippen LogP) is 2.66. The molecule has 0 aliphatic rings. The van der Waals surface area contributed by atoms with E-state index >= 15 is 0 Å². The van der Waals surface area contributed by atoms with E-state index < -0.39 is 0 Å². The number of benzene rings is 1. The summed E-state index contributed by atoms with van der Waals surface area (Å²) in [4.78, 5) is 11.3. The summed E-state index contributed by atoms with van der Waals surface area (Å²) >= 11 is 0. The molecule has 0 heterocycles. The second-order valence-electron chi connectivity index (χ2n) is 4.45. The van der Waals surface area contributed by atoms with E-state index in [0.717, 1.165) is 5.56 Å². The molecule has 0 aromatic heterocycles. The number of hydrogen-bond acceptors (Lipinski definition) is 1. The van der Waals surface area contributed by atoms with Crippen LogP contribution in [-0.4, -0.2) is 5.78 Å². The molecule has 0 amide bonds. The van der Waals surface area contributed by atoms with Gasteiger partial charge in [0.1, 0.15) is 0 Å². The molecule has 16 heavy (non-hydrogen) atoms. The third-order valence-electron chi connectivity index (χ3n) is 1.65. The number of carbonyl (C=O) groups excluding carboxylic acids is 1. The Bertz CT molecular complexity index is 481. The maximum absolute atomic E-state index is 11.3. The molecule has 0 fully saturated rings. The lowest BCUT2D eigenvalue weighted by Crippen LogP contribution is -2.01. The Morgan fingerprint density at radius 3 is 2.25 bits per heavy atom. The van der Waals surface area contributed by atoms with E-state index in [1.54, 1.807) is 0 Å². The van der Waals surface area contributed by atoms with E-state index in [9.17, 15) is 4.79 Å². The zero-order chi connectivity index (χ0) is 12.0. The maximum Gasteiger partial charge on any atom is 0.279 e. The minimum absolute atomic E-state index is 0.163. The molecule has 0 atom stereocenters. The minimum Gasteiger partial charge on any atom is -0.270 e. The quantitative estimate of drug-likeness (QED) is 0.475. The van der Waals surface area contributed by atoms with Crippen molar-refractivity contribution in [3.8, 4) is 23.7 Å². The average molecular weight is 210 g/mol. The SMILES string of the molecule is CC(C)(C)C#CC(=O)C#Cc1ccccc1. The van der Waals surface area contributed by atoms with E-state index in [4.69, 9.17) is 0 Å². The van der Waals surface area contributed by atoms with Crippen LogP contribution in [0.25, 0.3) is 0 Å². The second-order valence-corrected chi connectivity index (χ2v) is 4.45. The van der Waals surface area contributed by atoms with E-state index in [-0.39, 0.29) is 11.2 Å². The molecular formula is C15H14O. The van der Waals surface area contributed by atoms with Crippen LogP contribution in [0.15, 0.2) is 30.3 Å². The van der Waals surface area contributed by atoms with Crippen molar-refractivity contribution in [2.75, 3.05) is 0 Å². The molecule has 80 valence electrons. The molecule has 0 aliphatic carbocycles. The Balaban J connectivity index is 2.73. The highest BCUT2D eigenvalue weighted by Gasteiger charge is 2.03. The van der Waals surface area contributed by atoms with Crippen LogP contribution in [0.1, 0.15) is 26.3 Å². The number of Topliss-reactive ketones (excluding diaryl/α,β-unsaturated/α-hetero) is 1. The van der Waals surface area contributed by atoms with E-state index in [0.29, 0.717) is 0 Å². The van der Waals surface area contributed by atoms with Crippen LogP contribution < -0.4 is 0 Å². The van der Waals surface area contributed by atoms with Crippen molar-refractivity contribution in [2.45, 2.75) is 20.8 Å². The lowest BCUT2D eigenvalue weighted by atomic mass is 9.98. The summed E-state index contributed by atoms with van der Waals surface area (Å²) in [5.74, 6) is 10.3. The van der Waals surface area contributed by atoms with Gasteiger partial charge in [0.2, 0.25) is 0 Å². The molecule has 0 N–H and O–H groups in total. The fourth-order valence-electron chi connectivity index (χ4n) is 0.926. The van der Waals surface area contributed by atoms with Crippen LogP contribution in [0.2, 0.25) is 0 Å². The predicted molar refractivity (Wildman–Crippen MR) is 65.6 cm³/mol. The van der Waals surface area contributed by atoms with Gasteiger partial charge in [-0.05, 0) is 44.7 Å². The zero-order valence-corrected chi connectivity index (χ0v) is 9.79. The molecule has 0 bridgehead atoms. The zero-order valence-electron chi connectivity index (χ0n) is 9.79. The van der Waals surface area contributed by atoms with Gasteiger partial charge in [-0.3, -0.25) is 4.79 Å². The van der Waals surface area contributed by atoms with Gasteiger partial charge in [-0.2, -0.15) is 0 Å². The van der Waals surface area contributed by atoms with Crippen LogP contribution in [0.3, 0.4) is 0 Å². The summed E-state index contributed by atoms with van der Waals surface area (Å²) in [5.41, 5.74) is 0.665. The Morgan fingerprint density at radius 1 is 1.06 bits per heavy atom. The van der Waals surface area contributed by atoms with Crippen molar-refractivity contribution < 1.29 is 4.79 Å². The monoisotopic (exact) mass is 210 g/mol. The average Bonchev–Trinajstić information content (AvgIpc) is 2.24.